The number of piperazine rings is 1. The Kier molecular flexibility index (Phi) is 8.28. The van der Waals surface area contributed by atoms with E-state index in [2.05, 4.69) is 25.8 Å². The second kappa shape index (κ2) is 10.5. The number of rotatable bonds is 7. The lowest BCUT2D eigenvalue weighted by Crippen LogP contribution is -2.67. The van der Waals surface area contributed by atoms with Crippen LogP contribution in [0, 0.1) is 17.8 Å². The number of carbonyl (C=O) groups is 2. The molecule has 6 nitrogen and oxygen atoms in total. The highest BCUT2D eigenvalue weighted by Gasteiger charge is 2.47. The molecule has 2 amide bonds. The smallest absolute Gasteiger partial charge is 0.410 e. The van der Waals surface area contributed by atoms with Crippen LogP contribution in [0.1, 0.15) is 79.6 Å². The van der Waals surface area contributed by atoms with Crippen molar-refractivity contribution >= 4 is 12.0 Å². The molecule has 0 N–H and O–H groups in total. The van der Waals surface area contributed by atoms with E-state index in [1.807, 2.05) is 23.6 Å². The minimum absolute atomic E-state index is 0.0330. The maximum absolute atomic E-state index is 13.0. The molecule has 4 unspecified atom stereocenters. The van der Waals surface area contributed by atoms with E-state index in [0.717, 1.165) is 31.7 Å². The zero-order chi connectivity index (χ0) is 22.7. The fourth-order valence-corrected chi connectivity index (χ4v) is 6.31. The molecule has 178 valence electrons. The molecule has 0 aromatic carbocycles. The lowest BCUT2D eigenvalue weighted by Gasteiger charge is -2.54. The standard InChI is InChI=1S/C25H45N3O3/c1-7-21(16-26(6)15-20-9-8-10-20)22-11-12-23-24(13-22)27(25(30)31-17(2)3)14-18(4)28(23)19(5)29/h17-18,20-24H,7-16H2,1-6H3/t18-,21?,22?,23?,24?/m0/s1. The number of fused-ring (bicyclic) bond motifs is 1. The predicted molar refractivity (Wildman–Crippen MR) is 124 cm³/mol. The second-order valence-corrected chi connectivity index (χ2v) is 10.8. The van der Waals surface area contributed by atoms with E-state index in [1.54, 1.807) is 6.92 Å². The third-order valence-electron chi connectivity index (χ3n) is 7.98. The van der Waals surface area contributed by atoms with Gasteiger partial charge in [-0.1, -0.05) is 19.8 Å². The quantitative estimate of drug-likeness (QED) is 0.595. The van der Waals surface area contributed by atoms with Crippen LogP contribution in [0.15, 0.2) is 0 Å². The molecule has 0 radical (unpaired) electrons. The molecule has 3 rings (SSSR count). The first-order valence-electron chi connectivity index (χ1n) is 12.7. The normalized spacial score (nSPS) is 30.2. The van der Waals surface area contributed by atoms with Gasteiger partial charge in [-0.25, -0.2) is 4.79 Å². The van der Waals surface area contributed by atoms with Crippen molar-refractivity contribution in [1.82, 2.24) is 14.7 Å². The van der Waals surface area contributed by atoms with Crippen molar-refractivity contribution in [2.45, 2.75) is 104 Å². The van der Waals surface area contributed by atoms with Gasteiger partial charge in [-0.2, -0.15) is 0 Å². The molecule has 0 spiro atoms. The van der Waals surface area contributed by atoms with Crippen molar-refractivity contribution in [2.24, 2.45) is 17.8 Å². The Morgan fingerprint density at radius 2 is 1.84 bits per heavy atom. The molecule has 0 aromatic rings. The average molecular weight is 436 g/mol. The largest absolute Gasteiger partial charge is 0.447 e. The number of nitrogens with zero attached hydrogens (tertiary/aromatic N) is 3. The highest BCUT2D eigenvalue weighted by Crippen LogP contribution is 2.40. The van der Waals surface area contributed by atoms with E-state index in [4.69, 9.17) is 4.74 Å². The Balaban J connectivity index is 1.72. The van der Waals surface area contributed by atoms with Gasteiger partial charge in [0, 0.05) is 32.6 Å². The van der Waals surface area contributed by atoms with Crippen molar-refractivity contribution in [3.63, 3.8) is 0 Å². The van der Waals surface area contributed by atoms with Crippen molar-refractivity contribution < 1.29 is 14.3 Å². The molecule has 1 aliphatic heterocycles. The maximum Gasteiger partial charge on any atom is 0.410 e. The number of amides is 2. The summed E-state index contributed by atoms with van der Waals surface area (Å²) in [6.45, 7) is 12.8. The van der Waals surface area contributed by atoms with Crippen LogP contribution < -0.4 is 0 Å². The van der Waals surface area contributed by atoms with E-state index >= 15 is 0 Å². The minimum atomic E-state index is -0.212. The van der Waals surface area contributed by atoms with Crippen molar-refractivity contribution in [1.29, 1.82) is 0 Å². The van der Waals surface area contributed by atoms with Gasteiger partial charge < -0.3 is 19.4 Å². The van der Waals surface area contributed by atoms with Crippen LogP contribution in [0.5, 0.6) is 0 Å². The Hall–Kier alpha value is -1.30. The van der Waals surface area contributed by atoms with Gasteiger partial charge in [0.15, 0.2) is 0 Å². The first-order chi connectivity index (χ1) is 14.7. The molecule has 1 heterocycles. The Morgan fingerprint density at radius 3 is 2.39 bits per heavy atom. The van der Waals surface area contributed by atoms with Gasteiger partial charge >= 0.3 is 6.09 Å². The van der Waals surface area contributed by atoms with Crippen molar-refractivity contribution in [3.05, 3.63) is 0 Å². The molecular formula is C25H45N3O3. The van der Waals surface area contributed by atoms with Crippen molar-refractivity contribution in [3.8, 4) is 0 Å². The fourth-order valence-electron chi connectivity index (χ4n) is 6.31. The summed E-state index contributed by atoms with van der Waals surface area (Å²) in [4.78, 5) is 32.0. The minimum Gasteiger partial charge on any atom is -0.447 e. The van der Waals surface area contributed by atoms with E-state index in [9.17, 15) is 9.59 Å². The zero-order valence-corrected chi connectivity index (χ0v) is 20.7. The first kappa shape index (κ1) is 24.3. The van der Waals surface area contributed by atoms with Gasteiger partial charge in [-0.05, 0) is 77.7 Å². The number of carbonyl (C=O) groups excluding carboxylic acids is 2. The summed E-state index contributed by atoms with van der Waals surface area (Å²) in [5, 5.41) is 0. The lowest BCUT2D eigenvalue weighted by molar-refractivity contribution is -0.142. The van der Waals surface area contributed by atoms with Crippen LogP contribution in [0.25, 0.3) is 0 Å². The number of ether oxygens (including phenoxy) is 1. The molecule has 2 aliphatic carbocycles. The second-order valence-electron chi connectivity index (χ2n) is 10.8. The monoisotopic (exact) mass is 435 g/mol. The van der Waals surface area contributed by atoms with Crippen LogP contribution >= 0.6 is 0 Å². The van der Waals surface area contributed by atoms with Crippen LogP contribution in [0.4, 0.5) is 4.79 Å². The summed E-state index contributed by atoms with van der Waals surface area (Å²) in [5.74, 6) is 2.25. The van der Waals surface area contributed by atoms with Crippen molar-refractivity contribution in [2.75, 3.05) is 26.7 Å². The van der Waals surface area contributed by atoms with Gasteiger partial charge in [0.2, 0.25) is 5.91 Å². The predicted octanol–water partition coefficient (Wildman–Crippen LogP) is 4.38. The molecular weight excluding hydrogens is 390 g/mol. The van der Waals surface area contributed by atoms with Crippen LogP contribution in [0.3, 0.4) is 0 Å². The van der Waals surface area contributed by atoms with E-state index in [1.165, 1.54) is 32.2 Å². The Labute approximate surface area is 189 Å². The van der Waals surface area contributed by atoms with Crippen LogP contribution in [-0.2, 0) is 9.53 Å². The molecule has 2 saturated carbocycles. The lowest BCUT2D eigenvalue weighted by atomic mass is 9.72. The number of hydrogen-bond donors (Lipinski definition) is 0. The third kappa shape index (κ3) is 5.74. The van der Waals surface area contributed by atoms with Gasteiger partial charge in [0.25, 0.3) is 0 Å². The fraction of sp³-hybridized carbons (Fsp3) is 0.920. The summed E-state index contributed by atoms with van der Waals surface area (Å²) >= 11 is 0. The SMILES string of the molecule is CCC(CN(C)CC1CCC1)C1CCC2C(C1)N(C(=O)OC(C)C)C[C@H](C)N2C(C)=O. The zero-order valence-electron chi connectivity index (χ0n) is 20.7. The number of hydrogen-bond acceptors (Lipinski definition) is 4. The first-order valence-corrected chi connectivity index (χ1v) is 12.7. The van der Waals surface area contributed by atoms with Gasteiger partial charge in [-0.3, -0.25) is 4.79 Å². The maximum atomic E-state index is 13.0. The third-order valence-corrected chi connectivity index (χ3v) is 7.98. The highest BCUT2D eigenvalue weighted by atomic mass is 16.6. The highest BCUT2D eigenvalue weighted by molar-refractivity contribution is 5.75. The van der Waals surface area contributed by atoms with E-state index in [-0.39, 0.29) is 36.2 Å². The Bertz CT molecular complexity index is 621. The topological polar surface area (TPSA) is 53.1 Å². The Morgan fingerprint density at radius 1 is 1.13 bits per heavy atom. The molecule has 3 aliphatic rings. The van der Waals surface area contributed by atoms with Gasteiger partial charge in [0.05, 0.1) is 18.2 Å². The molecule has 1 saturated heterocycles. The molecule has 0 bridgehead atoms. The van der Waals surface area contributed by atoms with Gasteiger partial charge in [0.1, 0.15) is 0 Å². The molecule has 31 heavy (non-hydrogen) atoms. The molecule has 6 heteroatoms. The van der Waals surface area contributed by atoms with Gasteiger partial charge in [-0.15, -0.1) is 0 Å². The summed E-state index contributed by atoms with van der Waals surface area (Å²) < 4.78 is 5.61. The average Bonchev–Trinajstić information content (AvgIpc) is 2.67. The van der Waals surface area contributed by atoms with Crippen LogP contribution in [-0.4, -0.2) is 77.6 Å². The van der Waals surface area contributed by atoms with E-state index < -0.39 is 0 Å². The molecule has 3 fully saturated rings. The summed E-state index contributed by atoms with van der Waals surface area (Å²) in [7, 11) is 2.28. The molecule has 0 aromatic heterocycles. The summed E-state index contributed by atoms with van der Waals surface area (Å²) in [5.41, 5.74) is 0. The van der Waals surface area contributed by atoms with Crippen LogP contribution in [0.2, 0.25) is 0 Å². The summed E-state index contributed by atoms with van der Waals surface area (Å²) in [6, 6.07) is 0.212. The van der Waals surface area contributed by atoms with E-state index in [0.29, 0.717) is 18.4 Å². The summed E-state index contributed by atoms with van der Waals surface area (Å²) in [6.07, 6.45) is 8.10. The molecule has 5 atom stereocenters.